The Kier molecular flexibility index (Phi) is 1.74. The first-order valence-corrected chi connectivity index (χ1v) is 4.32. The van der Waals surface area contributed by atoms with Crippen LogP contribution in [0.2, 0.25) is 0 Å². The molecule has 2 heterocycles. The van der Waals surface area contributed by atoms with E-state index in [9.17, 15) is 4.79 Å². The molecule has 0 fully saturated rings. The maximum Gasteiger partial charge on any atom is 0.207 e. The fourth-order valence-corrected chi connectivity index (χ4v) is 1.64. The van der Waals surface area contributed by atoms with E-state index in [0.29, 0.717) is 17.1 Å². The van der Waals surface area contributed by atoms with E-state index in [2.05, 4.69) is 16.0 Å². The van der Waals surface area contributed by atoms with Gasteiger partial charge in [0.25, 0.3) is 0 Å². The van der Waals surface area contributed by atoms with Crippen molar-refractivity contribution in [1.29, 1.82) is 5.26 Å². The van der Waals surface area contributed by atoms with E-state index in [1.165, 1.54) is 6.07 Å². The average molecular weight is 187 g/mol. The molecule has 1 aliphatic heterocycles. The molecule has 0 radical (unpaired) electrons. The molecule has 4 nitrogen and oxygen atoms in total. The fourth-order valence-electron chi connectivity index (χ4n) is 1.64. The maximum atomic E-state index is 11.5. The molecular weight excluding hydrogens is 178 g/mol. The normalized spacial score (nSPS) is 18.6. The molecule has 4 heteroatoms. The Morgan fingerprint density at radius 3 is 2.93 bits per heavy atom. The second-order valence-corrected chi connectivity index (χ2v) is 3.39. The van der Waals surface area contributed by atoms with Crippen LogP contribution in [0.3, 0.4) is 0 Å². The van der Waals surface area contributed by atoms with Crippen molar-refractivity contribution >= 4 is 11.4 Å². The Hall–Kier alpha value is -1.89. The topological polar surface area (TPSA) is 69.0 Å². The highest BCUT2D eigenvalue weighted by molar-refractivity contribution is 5.97. The molecule has 0 aromatic carbocycles. The molecule has 0 amide bonds. The first-order valence-electron chi connectivity index (χ1n) is 4.32. The Morgan fingerprint density at radius 2 is 2.29 bits per heavy atom. The lowest BCUT2D eigenvalue weighted by Crippen LogP contribution is -2.07. The van der Waals surface area contributed by atoms with Crippen molar-refractivity contribution in [2.24, 2.45) is 4.99 Å². The van der Waals surface area contributed by atoms with Crippen LogP contribution in [-0.2, 0) is 0 Å². The molecule has 0 saturated carbocycles. The summed E-state index contributed by atoms with van der Waals surface area (Å²) in [7, 11) is 0. The highest BCUT2D eigenvalue weighted by Gasteiger charge is 2.26. The smallest absolute Gasteiger partial charge is 0.207 e. The second-order valence-electron chi connectivity index (χ2n) is 3.39. The predicted octanol–water partition coefficient (Wildman–Crippen LogP) is 1.40. The number of hydrogen-bond acceptors (Lipinski definition) is 3. The van der Waals surface area contributed by atoms with Crippen molar-refractivity contribution in [3.63, 3.8) is 0 Å². The lowest BCUT2D eigenvalue weighted by atomic mass is 10.0. The number of aryl methyl sites for hydroxylation is 1. The molecule has 70 valence electrons. The van der Waals surface area contributed by atoms with E-state index in [4.69, 9.17) is 5.26 Å². The number of aromatic nitrogens is 1. The van der Waals surface area contributed by atoms with Gasteiger partial charge in [-0.2, -0.15) is 5.26 Å². The van der Waals surface area contributed by atoms with Crippen LogP contribution < -0.4 is 5.43 Å². The minimum Gasteiger partial charge on any atom is -0.359 e. The third-order valence-corrected chi connectivity index (χ3v) is 2.29. The Bertz CT molecular complexity index is 519. The summed E-state index contributed by atoms with van der Waals surface area (Å²) in [5.41, 5.74) is 2.35. The molecule has 0 aliphatic carbocycles. The quantitative estimate of drug-likeness (QED) is 0.666. The van der Waals surface area contributed by atoms with Crippen LogP contribution in [0.4, 0.5) is 5.69 Å². The van der Waals surface area contributed by atoms with E-state index in [1.807, 2.05) is 0 Å². The molecule has 2 rings (SSSR count). The van der Waals surface area contributed by atoms with Crippen LogP contribution >= 0.6 is 0 Å². The molecule has 0 bridgehead atoms. The van der Waals surface area contributed by atoms with Gasteiger partial charge in [-0.3, -0.25) is 9.79 Å². The summed E-state index contributed by atoms with van der Waals surface area (Å²) < 4.78 is 0. The monoisotopic (exact) mass is 187 g/mol. The number of pyridine rings is 1. The summed E-state index contributed by atoms with van der Waals surface area (Å²) >= 11 is 0. The van der Waals surface area contributed by atoms with Crippen molar-refractivity contribution < 1.29 is 0 Å². The molecule has 0 saturated heterocycles. The number of aliphatic imine (C=N–C) groups is 1. The maximum absolute atomic E-state index is 11.5. The molecule has 1 N–H and O–H groups in total. The van der Waals surface area contributed by atoms with Gasteiger partial charge in [0.2, 0.25) is 5.43 Å². The van der Waals surface area contributed by atoms with Gasteiger partial charge in [0.15, 0.2) is 0 Å². The number of nitriles is 1. The van der Waals surface area contributed by atoms with Gasteiger partial charge >= 0.3 is 0 Å². The fraction of sp³-hybridized carbons (Fsp3) is 0.300. The second kappa shape index (κ2) is 2.81. The zero-order valence-electron chi connectivity index (χ0n) is 7.96. The average Bonchev–Trinajstić information content (AvgIpc) is 2.41. The van der Waals surface area contributed by atoms with Crippen LogP contribution in [0, 0.1) is 18.3 Å². The van der Waals surface area contributed by atoms with E-state index < -0.39 is 5.92 Å². The first kappa shape index (κ1) is 8.70. The SMILES string of the molecule is CC1=Nc2c([nH]c(C)cc2=O)C1C#N. The van der Waals surface area contributed by atoms with Crippen LogP contribution in [0.1, 0.15) is 24.2 Å². The van der Waals surface area contributed by atoms with Crippen LogP contribution in [-0.4, -0.2) is 10.7 Å². The Morgan fingerprint density at radius 1 is 1.57 bits per heavy atom. The van der Waals surface area contributed by atoms with Gasteiger partial charge in [-0.15, -0.1) is 0 Å². The predicted molar refractivity (Wildman–Crippen MR) is 52.9 cm³/mol. The van der Waals surface area contributed by atoms with Gasteiger partial charge in [0.1, 0.15) is 11.6 Å². The van der Waals surface area contributed by atoms with Crippen LogP contribution in [0.5, 0.6) is 0 Å². The van der Waals surface area contributed by atoms with E-state index >= 15 is 0 Å². The summed E-state index contributed by atoms with van der Waals surface area (Å²) in [6, 6.07) is 3.62. The molecule has 1 aromatic rings. The number of fused-ring (bicyclic) bond motifs is 1. The van der Waals surface area contributed by atoms with Gasteiger partial charge < -0.3 is 4.98 Å². The van der Waals surface area contributed by atoms with Crippen molar-refractivity contribution in [3.05, 3.63) is 27.7 Å². The number of aromatic amines is 1. The molecule has 0 spiro atoms. The largest absolute Gasteiger partial charge is 0.359 e. The number of H-pyrrole nitrogens is 1. The molecule has 1 aliphatic rings. The van der Waals surface area contributed by atoms with Crippen molar-refractivity contribution in [3.8, 4) is 6.07 Å². The highest BCUT2D eigenvalue weighted by Crippen LogP contribution is 2.30. The first-order chi connectivity index (χ1) is 6.63. The van der Waals surface area contributed by atoms with Gasteiger partial charge in [-0.05, 0) is 13.8 Å². The third-order valence-electron chi connectivity index (χ3n) is 2.29. The minimum atomic E-state index is -0.391. The zero-order valence-corrected chi connectivity index (χ0v) is 7.96. The van der Waals surface area contributed by atoms with E-state index in [0.717, 1.165) is 5.69 Å². The lowest BCUT2D eigenvalue weighted by molar-refractivity contribution is 1.03. The van der Waals surface area contributed by atoms with Crippen molar-refractivity contribution in [2.75, 3.05) is 0 Å². The summed E-state index contributed by atoms with van der Waals surface area (Å²) in [5.74, 6) is -0.391. The number of nitrogens with zero attached hydrogens (tertiary/aromatic N) is 2. The standard InChI is InChI=1S/C10H9N3O/c1-5-3-8(14)10-9(12-5)7(4-11)6(2)13-10/h3,7H,1-2H3,(H,12,14). The number of hydrogen-bond donors (Lipinski definition) is 1. The van der Waals surface area contributed by atoms with Crippen LogP contribution in [0.25, 0.3) is 0 Å². The summed E-state index contributed by atoms with van der Waals surface area (Å²) in [6.45, 7) is 3.56. The minimum absolute atomic E-state index is 0.117. The summed E-state index contributed by atoms with van der Waals surface area (Å²) in [5, 5.41) is 8.91. The zero-order chi connectivity index (χ0) is 10.3. The molecule has 1 aromatic heterocycles. The third kappa shape index (κ3) is 1.06. The van der Waals surface area contributed by atoms with E-state index in [-0.39, 0.29) is 5.43 Å². The molecular formula is C10H9N3O. The van der Waals surface area contributed by atoms with Gasteiger partial charge in [-0.1, -0.05) is 0 Å². The number of nitrogens with one attached hydrogen (secondary N) is 1. The van der Waals surface area contributed by atoms with Crippen molar-refractivity contribution in [1.82, 2.24) is 4.98 Å². The van der Waals surface area contributed by atoms with Gasteiger partial charge in [-0.25, -0.2) is 0 Å². The van der Waals surface area contributed by atoms with Gasteiger partial charge in [0.05, 0.1) is 11.8 Å². The van der Waals surface area contributed by atoms with E-state index in [1.54, 1.807) is 13.8 Å². The molecule has 1 atom stereocenters. The lowest BCUT2D eigenvalue weighted by Gasteiger charge is -2.03. The Labute approximate surface area is 80.9 Å². The summed E-state index contributed by atoms with van der Waals surface area (Å²) in [6.07, 6.45) is 0. The summed E-state index contributed by atoms with van der Waals surface area (Å²) in [4.78, 5) is 18.6. The molecule has 1 unspecified atom stereocenters. The molecule has 14 heavy (non-hydrogen) atoms. The van der Waals surface area contributed by atoms with Crippen LogP contribution in [0.15, 0.2) is 15.9 Å². The van der Waals surface area contributed by atoms with Gasteiger partial charge in [0, 0.05) is 17.5 Å². The highest BCUT2D eigenvalue weighted by atomic mass is 16.1. The van der Waals surface area contributed by atoms with Crippen molar-refractivity contribution in [2.45, 2.75) is 19.8 Å². The Balaban J connectivity index is 2.74. The number of rotatable bonds is 0.